The maximum atomic E-state index is 13.8. The number of hydrogen-bond donors (Lipinski definition) is 3. The lowest BCUT2D eigenvalue weighted by Crippen LogP contribution is -2.36. The quantitative estimate of drug-likeness (QED) is 0.0479. The molecule has 0 bridgehead atoms. The van der Waals surface area contributed by atoms with Crippen molar-refractivity contribution in [2.24, 2.45) is 0 Å². The molecule has 3 atom stereocenters. The van der Waals surface area contributed by atoms with E-state index in [0.717, 1.165) is 90.2 Å². The molecule has 3 saturated heterocycles. The fraction of sp³-hybridized carbons (Fsp3) is 0.423. The molecule has 0 spiro atoms. The third kappa shape index (κ3) is 21.0. The van der Waals surface area contributed by atoms with E-state index in [1.165, 1.54) is 18.2 Å². The second kappa shape index (κ2) is 37.1. The van der Waals surface area contributed by atoms with Crippen LogP contribution in [0, 0.1) is 34.9 Å². The van der Waals surface area contributed by atoms with Crippen LogP contribution in [-0.4, -0.2) is 259 Å². The summed E-state index contributed by atoms with van der Waals surface area (Å²) in [5, 5.41) is 9.64. The number of benzene rings is 6. The number of nitrogens with zero attached hydrogens (tertiary/aromatic N) is 15. The number of likely N-dealkylation sites (N-methyl/N-ethyl adjacent to an activating group) is 6. The number of aromatic nitrogens is 6. The van der Waals surface area contributed by atoms with E-state index in [2.05, 4.69) is 45.6 Å². The topological polar surface area (TPSA) is 221 Å². The molecule has 3 aliphatic heterocycles. The van der Waals surface area contributed by atoms with Crippen molar-refractivity contribution in [1.29, 1.82) is 0 Å². The van der Waals surface area contributed by atoms with Gasteiger partial charge in [0.15, 0.2) is 34.9 Å². The van der Waals surface area contributed by atoms with Gasteiger partial charge in [0, 0.05) is 168 Å². The van der Waals surface area contributed by atoms with Crippen LogP contribution in [0.3, 0.4) is 0 Å². The van der Waals surface area contributed by atoms with Crippen LogP contribution < -0.4 is 30.7 Å². The minimum Gasteiger partial charge on any atom is -0.378 e. The third-order valence-electron chi connectivity index (χ3n) is 18.7. The van der Waals surface area contributed by atoms with Gasteiger partial charge in [-0.1, -0.05) is 0 Å². The van der Waals surface area contributed by atoms with Gasteiger partial charge in [-0.2, -0.15) is 0 Å². The molecule has 30 heteroatoms. The Labute approximate surface area is 626 Å². The average Bonchev–Trinajstić information content (AvgIpc) is 0.787. The molecule has 9 aromatic rings. The van der Waals surface area contributed by atoms with Gasteiger partial charge in [-0.05, 0) is 136 Å². The Hall–Kier alpha value is -10.1. The molecule has 3 amide bonds. The number of rotatable bonds is 24. The highest BCUT2D eigenvalue weighted by Gasteiger charge is 2.27. The Bertz CT molecular complexity index is 4150. The number of hydrogen-bond acceptors (Lipinski definition) is 21. The number of ether oxygens (including phenoxy) is 3. The molecule has 3 aliphatic rings. The average molecular weight is 1500 g/mol. The molecular weight excluding hydrogens is 1400 g/mol. The van der Waals surface area contributed by atoms with Gasteiger partial charge in [-0.25, -0.2) is 41.3 Å². The van der Waals surface area contributed by atoms with Crippen LogP contribution in [0.1, 0.15) is 86.7 Å². The third-order valence-corrected chi connectivity index (χ3v) is 18.7. The summed E-state index contributed by atoms with van der Waals surface area (Å²) in [6.45, 7) is 17.6. The number of carbonyl (C=O) groups excluding carboxylic acids is 3. The normalized spacial score (nSPS) is 14.8. The van der Waals surface area contributed by atoms with Crippen molar-refractivity contribution in [3.05, 3.63) is 178 Å². The van der Waals surface area contributed by atoms with Gasteiger partial charge in [-0.15, -0.1) is 0 Å². The molecule has 12 rings (SSSR count). The van der Waals surface area contributed by atoms with Gasteiger partial charge < -0.3 is 74.3 Å². The van der Waals surface area contributed by atoms with E-state index >= 15 is 0 Å². The molecule has 6 aromatic carbocycles. The minimum atomic E-state index is -0.933. The van der Waals surface area contributed by atoms with Crippen molar-refractivity contribution in [2.45, 2.75) is 38.9 Å². The Balaban J connectivity index is 0.000000173. The standard InChI is InChI=1S/3C26H32F2N6O2/c3*1-17(30-19-5-6-21(27)22(28)15-19)20-13-18(26(35)33(4)8-7-32(2)3)14-23-25(20)31-24(16-29-23)34-9-11-36-12-10-34/h3*5-6,13-17,30H,7-12H2,1-4H3. The lowest BCUT2D eigenvalue weighted by molar-refractivity contribution is 0.0779. The predicted molar refractivity (Wildman–Crippen MR) is 409 cm³/mol. The van der Waals surface area contributed by atoms with Crippen molar-refractivity contribution in [3.8, 4) is 0 Å². The van der Waals surface area contributed by atoms with Crippen LogP contribution in [0.4, 0.5) is 60.9 Å². The predicted octanol–water partition coefficient (Wildman–Crippen LogP) is 10.7. The number of amides is 3. The summed E-state index contributed by atoms with van der Waals surface area (Å²) in [5.74, 6) is -3.71. The second-order valence-electron chi connectivity index (χ2n) is 27.9. The van der Waals surface area contributed by atoms with Crippen LogP contribution in [0.2, 0.25) is 0 Å². The fourth-order valence-electron chi connectivity index (χ4n) is 12.3. The molecule has 0 aliphatic carbocycles. The van der Waals surface area contributed by atoms with E-state index in [4.69, 9.17) is 29.2 Å². The van der Waals surface area contributed by atoms with Gasteiger partial charge >= 0.3 is 0 Å². The van der Waals surface area contributed by atoms with Gasteiger partial charge in [0.1, 0.15) is 17.5 Å². The maximum absolute atomic E-state index is 13.8. The molecule has 3 aromatic heterocycles. The zero-order chi connectivity index (χ0) is 77.5. The summed E-state index contributed by atoms with van der Waals surface area (Å²) in [7, 11) is 17.1. The molecule has 24 nitrogen and oxygen atoms in total. The van der Waals surface area contributed by atoms with Crippen molar-refractivity contribution in [2.75, 3.05) is 212 Å². The number of fused-ring (bicyclic) bond motifs is 3. The van der Waals surface area contributed by atoms with E-state index in [0.29, 0.717) is 165 Å². The maximum Gasteiger partial charge on any atom is 0.253 e. The monoisotopic (exact) mass is 1490 g/mol. The number of carbonyl (C=O) groups is 3. The highest BCUT2D eigenvalue weighted by atomic mass is 19.2. The van der Waals surface area contributed by atoms with Crippen LogP contribution in [0.15, 0.2) is 110 Å². The molecule has 0 saturated carbocycles. The summed E-state index contributed by atoms with van der Waals surface area (Å²) in [4.78, 5) is 85.8. The number of morpholine rings is 3. The van der Waals surface area contributed by atoms with Crippen LogP contribution in [0.5, 0.6) is 0 Å². The van der Waals surface area contributed by atoms with Crippen molar-refractivity contribution < 1.29 is 54.9 Å². The Morgan fingerprint density at radius 1 is 0.370 bits per heavy atom. The zero-order valence-electron chi connectivity index (χ0n) is 63.3. The van der Waals surface area contributed by atoms with E-state index in [9.17, 15) is 40.7 Å². The van der Waals surface area contributed by atoms with Crippen LogP contribution in [-0.2, 0) is 14.2 Å². The molecule has 3 fully saturated rings. The van der Waals surface area contributed by atoms with E-state index < -0.39 is 34.9 Å². The van der Waals surface area contributed by atoms with Crippen molar-refractivity contribution in [1.82, 2.24) is 59.3 Å². The minimum absolute atomic E-state index is 0.126. The zero-order valence-corrected chi connectivity index (χ0v) is 63.3. The Kier molecular flexibility index (Phi) is 27.7. The van der Waals surface area contributed by atoms with E-state index in [1.807, 2.05) is 96.0 Å². The van der Waals surface area contributed by atoms with E-state index in [1.54, 1.807) is 72.6 Å². The van der Waals surface area contributed by atoms with Crippen LogP contribution in [0.25, 0.3) is 33.1 Å². The fourth-order valence-corrected chi connectivity index (χ4v) is 12.3. The summed E-state index contributed by atoms with van der Waals surface area (Å²) in [6.07, 6.45) is 5.15. The second-order valence-corrected chi connectivity index (χ2v) is 27.9. The first kappa shape index (κ1) is 80.4. The molecule has 0 radical (unpaired) electrons. The number of halogens is 6. The first-order chi connectivity index (χ1) is 51.7. The lowest BCUT2D eigenvalue weighted by Gasteiger charge is -2.28. The highest BCUT2D eigenvalue weighted by Crippen LogP contribution is 2.34. The molecule has 576 valence electrons. The summed E-state index contributed by atoms with van der Waals surface area (Å²) < 4.78 is 98.1. The number of nitrogens with one attached hydrogen (secondary N) is 3. The highest BCUT2D eigenvalue weighted by molar-refractivity contribution is 6.00. The van der Waals surface area contributed by atoms with Gasteiger partial charge in [0.05, 0.1) is 109 Å². The SMILES string of the molecule is CC(Nc1ccc(F)c(F)c1)c1cc(C(=O)N(C)CCN(C)C)cc2ncc(N3CCOCC3)nc12.CC(Nc1ccc(F)c(F)c1)c1cc(C(=O)N(C)CCN(C)C)cc2ncc(N3CCOCC3)nc12.CC(Nc1ccc(F)c(F)c1)c1cc(C(=O)N(C)CCN(C)C)cc2ncc(N3CCOCC3)nc12. The molecule has 3 unspecified atom stereocenters. The number of anilines is 6. The molecule has 108 heavy (non-hydrogen) atoms. The molecule has 3 N–H and O–H groups in total. The first-order valence-electron chi connectivity index (χ1n) is 35.9. The molecule has 6 heterocycles. The van der Waals surface area contributed by atoms with Crippen molar-refractivity contribution >= 4 is 85.3 Å². The van der Waals surface area contributed by atoms with E-state index in [-0.39, 0.29) is 35.8 Å². The Morgan fingerprint density at radius 3 is 0.852 bits per heavy atom. The largest absolute Gasteiger partial charge is 0.378 e. The van der Waals surface area contributed by atoms with Crippen LogP contribution >= 0.6 is 0 Å². The molecular formula is C78H96F6N18O6. The van der Waals surface area contributed by atoms with Crippen molar-refractivity contribution in [3.63, 3.8) is 0 Å². The lowest BCUT2D eigenvalue weighted by atomic mass is 10.0. The van der Waals surface area contributed by atoms with Gasteiger partial charge in [0.2, 0.25) is 0 Å². The smallest absolute Gasteiger partial charge is 0.253 e. The summed E-state index contributed by atoms with van der Waals surface area (Å²) in [5.41, 5.74) is 8.68. The van der Waals surface area contributed by atoms with Gasteiger partial charge in [-0.3, -0.25) is 29.3 Å². The first-order valence-corrected chi connectivity index (χ1v) is 35.9. The Morgan fingerprint density at radius 2 is 0.620 bits per heavy atom. The summed E-state index contributed by atoms with van der Waals surface area (Å²) >= 11 is 0. The summed E-state index contributed by atoms with van der Waals surface area (Å²) in [6, 6.07) is 20.6. The van der Waals surface area contributed by atoms with Gasteiger partial charge in [0.25, 0.3) is 17.7 Å².